The number of rotatable bonds is 4. The van der Waals surface area contributed by atoms with Gasteiger partial charge in [-0.3, -0.25) is 4.90 Å². The second-order valence-electron chi connectivity index (χ2n) is 6.32. The zero-order chi connectivity index (χ0) is 15.2. The van der Waals surface area contributed by atoms with Crippen LogP contribution in [-0.4, -0.2) is 37.4 Å². The van der Waals surface area contributed by atoms with Crippen molar-refractivity contribution in [3.05, 3.63) is 23.8 Å². The number of hydrogen-bond acceptors (Lipinski definition) is 4. The van der Waals surface area contributed by atoms with Crippen LogP contribution in [0.5, 0.6) is 11.5 Å². The molecule has 0 unspecified atom stereocenters. The summed E-state index contributed by atoms with van der Waals surface area (Å²) in [6, 6.07) is 5.35. The highest BCUT2D eigenvalue weighted by molar-refractivity contribution is 5.50. The van der Waals surface area contributed by atoms with Gasteiger partial charge in [0.2, 0.25) is 0 Å². The van der Waals surface area contributed by atoms with Crippen molar-refractivity contribution in [1.29, 1.82) is 0 Å². The highest BCUT2D eigenvalue weighted by atomic mass is 19.3. The molecule has 2 fully saturated rings. The molecule has 22 heavy (non-hydrogen) atoms. The van der Waals surface area contributed by atoms with Gasteiger partial charge in [-0.15, -0.1) is 8.78 Å². The molecule has 0 aromatic heterocycles. The molecule has 0 amide bonds. The second-order valence-corrected chi connectivity index (χ2v) is 6.32. The van der Waals surface area contributed by atoms with Gasteiger partial charge in [-0.25, -0.2) is 0 Å². The molecule has 2 aliphatic heterocycles. The van der Waals surface area contributed by atoms with Crippen molar-refractivity contribution in [2.45, 2.75) is 31.6 Å². The van der Waals surface area contributed by atoms with E-state index in [1.165, 1.54) is 12.8 Å². The Hall–Kier alpha value is -1.40. The molecule has 3 aliphatic rings. The summed E-state index contributed by atoms with van der Waals surface area (Å²) in [4.78, 5) is 2.38. The van der Waals surface area contributed by atoms with E-state index < -0.39 is 6.29 Å². The van der Waals surface area contributed by atoms with E-state index in [1.807, 2.05) is 6.07 Å². The lowest BCUT2D eigenvalue weighted by Gasteiger charge is -2.35. The Morgan fingerprint density at radius 2 is 2.00 bits per heavy atom. The number of fused-ring (bicyclic) bond motifs is 1. The molecule has 1 atom stereocenters. The Bertz CT molecular complexity index is 557. The molecule has 1 saturated carbocycles. The molecule has 4 rings (SSSR count). The fraction of sp³-hybridized carbons (Fsp3) is 0.625. The lowest BCUT2D eigenvalue weighted by molar-refractivity contribution is -0.287. The number of para-hydroxylation sites is 1. The van der Waals surface area contributed by atoms with Gasteiger partial charge in [-0.2, -0.15) is 0 Å². The number of nitrogens with one attached hydrogen (secondary N) is 1. The number of hydrogen-bond donors (Lipinski definition) is 1. The van der Waals surface area contributed by atoms with Crippen LogP contribution in [0.4, 0.5) is 8.78 Å². The number of alkyl halides is 2. The zero-order valence-corrected chi connectivity index (χ0v) is 12.4. The van der Waals surface area contributed by atoms with Crippen molar-refractivity contribution >= 4 is 0 Å². The average molecular weight is 310 g/mol. The van der Waals surface area contributed by atoms with Gasteiger partial charge in [0.05, 0.1) is 0 Å². The van der Waals surface area contributed by atoms with Crippen LogP contribution in [0.1, 0.15) is 30.9 Å². The maximum Gasteiger partial charge on any atom is 0.586 e. The minimum absolute atomic E-state index is 0.127. The van der Waals surface area contributed by atoms with Gasteiger partial charge in [0.25, 0.3) is 0 Å². The molecule has 0 spiro atoms. The van der Waals surface area contributed by atoms with Gasteiger partial charge in [0.15, 0.2) is 11.5 Å². The van der Waals surface area contributed by atoms with Gasteiger partial charge in [-0.05, 0) is 18.4 Å². The smallest absolute Gasteiger partial charge is 0.395 e. The van der Waals surface area contributed by atoms with Crippen molar-refractivity contribution in [3.63, 3.8) is 0 Å². The fourth-order valence-electron chi connectivity index (χ4n) is 3.39. The minimum atomic E-state index is -3.55. The molecule has 1 saturated heterocycles. The van der Waals surface area contributed by atoms with E-state index >= 15 is 0 Å². The Kier molecular flexibility index (Phi) is 3.46. The van der Waals surface area contributed by atoms with E-state index in [9.17, 15) is 8.78 Å². The quantitative estimate of drug-likeness (QED) is 0.927. The zero-order valence-electron chi connectivity index (χ0n) is 12.4. The third-order valence-corrected chi connectivity index (χ3v) is 4.66. The first-order valence-corrected chi connectivity index (χ1v) is 7.96. The van der Waals surface area contributed by atoms with Gasteiger partial charge in [-0.1, -0.05) is 25.0 Å². The maximum atomic E-state index is 13.4. The van der Waals surface area contributed by atoms with Crippen LogP contribution in [0.2, 0.25) is 0 Å². The van der Waals surface area contributed by atoms with Crippen LogP contribution in [-0.2, 0) is 0 Å². The number of piperazine rings is 1. The Labute approximate surface area is 128 Å². The molecule has 1 N–H and O–H groups in total. The summed E-state index contributed by atoms with van der Waals surface area (Å²) in [6.45, 7) is 3.73. The van der Waals surface area contributed by atoms with Gasteiger partial charge in [0, 0.05) is 37.8 Å². The van der Waals surface area contributed by atoms with E-state index in [4.69, 9.17) is 4.74 Å². The number of ether oxygens (including phenoxy) is 2. The lowest BCUT2D eigenvalue weighted by atomic mass is 9.97. The summed E-state index contributed by atoms with van der Waals surface area (Å²) < 4.78 is 36.3. The molecule has 4 nitrogen and oxygen atoms in total. The Morgan fingerprint density at radius 1 is 1.23 bits per heavy atom. The van der Waals surface area contributed by atoms with E-state index in [1.54, 1.807) is 12.1 Å². The first-order chi connectivity index (χ1) is 10.6. The van der Waals surface area contributed by atoms with Crippen LogP contribution in [0.15, 0.2) is 18.2 Å². The molecule has 1 aromatic rings. The molecule has 1 aromatic carbocycles. The first-order valence-electron chi connectivity index (χ1n) is 7.96. The highest BCUT2D eigenvalue weighted by Gasteiger charge is 2.46. The summed E-state index contributed by atoms with van der Waals surface area (Å²) in [5.41, 5.74) is 0.837. The van der Waals surface area contributed by atoms with Crippen LogP contribution >= 0.6 is 0 Å². The summed E-state index contributed by atoms with van der Waals surface area (Å²) >= 11 is 0. The first kappa shape index (κ1) is 14.2. The topological polar surface area (TPSA) is 33.7 Å². The third-order valence-electron chi connectivity index (χ3n) is 4.66. The molecule has 0 radical (unpaired) electrons. The van der Waals surface area contributed by atoms with Crippen LogP contribution < -0.4 is 14.8 Å². The van der Waals surface area contributed by atoms with Crippen LogP contribution in [0.3, 0.4) is 0 Å². The summed E-state index contributed by atoms with van der Waals surface area (Å²) in [7, 11) is 0. The second kappa shape index (κ2) is 5.35. The van der Waals surface area contributed by atoms with E-state index in [0.29, 0.717) is 5.92 Å². The molecule has 6 heteroatoms. The van der Waals surface area contributed by atoms with Gasteiger partial charge >= 0.3 is 6.29 Å². The van der Waals surface area contributed by atoms with Crippen molar-refractivity contribution in [3.8, 4) is 11.5 Å². The number of nitrogens with zero attached hydrogens (tertiary/aromatic N) is 1. The molecule has 1 aliphatic carbocycles. The van der Waals surface area contributed by atoms with Gasteiger partial charge < -0.3 is 14.8 Å². The van der Waals surface area contributed by atoms with E-state index in [0.717, 1.165) is 38.2 Å². The third kappa shape index (κ3) is 2.77. The predicted octanol–water partition coefficient (Wildman–Crippen LogP) is 2.75. The predicted molar refractivity (Wildman–Crippen MR) is 77.2 cm³/mol. The van der Waals surface area contributed by atoms with Crippen LogP contribution in [0.25, 0.3) is 0 Å². The van der Waals surface area contributed by atoms with Crippen molar-refractivity contribution in [1.82, 2.24) is 10.2 Å². The molecule has 2 heterocycles. The maximum absolute atomic E-state index is 13.4. The van der Waals surface area contributed by atoms with Crippen molar-refractivity contribution < 1.29 is 18.3 Å². The molecular weight excluding hydrogens is 290 g/mol. The largest absolute Gasteiger partial charge is 0.586 e. The molecule has 0 bridgehead atoms. The van der Waals surface area contributed by atoms with Crippen molar-refractivity contribution in [2.75, 3.05) is 26.2 Å². The summed E-state index contributed by atoms with van der Waals surface area (Å²) in [6.07, 6.45) is -0.0618. The van der Waals surface area contributed by atoms with E-state index in [-0.39, 0.29) is 17.5 Å². The minimum Gasteiger partial charge on any atom is -0.395 e. The monoisotopic (exact) mass is 310 g/mol. The van der Waals surface area contributed by atoms with Crippen molar-refractivity contribution in [2.24, 2.45) is 5.92 Å². The Morgan fingerprint density at radius 3 is 2.73 bits per heavy atom. The normalized spacial score (nSPS) is 25.2. The Balaban J connectivity index is 1.66. The van der Waals surface area contributed by atoms with Crippen LogP contribution in [0, 0.1) is 5.92 Å². The summed E-state index contributed by atoms with van der Waals surface area (Å²) in [5, 5.41) is 3.34. The summed E-state index contributed by atoms with van der Waals surface area (Å²) in [5.74, 6) is 1.08. The number of benzene rings is 1. The van der Waals surface area contributed by atoms with E-state index in [2.05, 4.69) is 15.0 Å². The molecule has 120 valence electrons. The molecular formula is C16H20F2N2O2. The average Bonchev–Trinajstić information content (AvgIpc) is 3.26. The number of halogens is 2. The standard InChI is InChI=1S/C16H20F2N2O2/c17-16(18)21-14-3-1-2-12(15(14)22-16)13(10-11-4-5-11)20-8-6-19-7-9-20/h1-3,11,13,19H,4-10H2/t13-/m0/s1. The highest BCUT2D eigenvalue weighted by Crippen LogP contribution is 2.49. The van der Waals surface area contributed by atoms with Gasteiger partial charge in [0.1, 0.15) is 0 Å². The SMILES string of the molecule is FC1(F)Oc2cccc([C@H](CC3CC3)N3CCNCC3)c2O1. The lowest BCUT2D eigenvalue weighted by Crippen LogP contribution is -2.45. The fourth-order valence-corrected chi connectivity index (χ4v) is 3.39.